The van der Waals surface area contributed by atoms with Crippen molar-refractivity contribution in [1.82, 2.24) is 9.13 Å². The first-order chi connectivity index (χ1) is 17.3. The lowest BCUT2D eigenvalue weighted by molar-refractivity contribution is -0.383. The monoisotopic (exact) mass is 498 g/mol. The van der Waals surface area contributed by atoms with Crippen LogP contribution in [0.1, 0.15) is 12.1 Å². The van der Waals surface area contributed by atoms with Crippen molar-refractivity contribution in [2.75, 3.05) is 32.2 Å². The summed E-state index contributed by atoms with van der Waals surface area (Å²) in [5.74, 6) is 0. The maximum Gasteiger partial charge on any atom is 0.277 e. The van der Waals surface area contributed by atoms with Gasteiger partial charge in [-0.25, -0.2) is 0 Å². The topological polar surface area (TPSA) is 194 Å². The largest absolute Gasteiger partial charge is 0.398 e. The number of non-ortho nitro benzene ring substituents is 1. The van der Waals surface area contributed by atoms with E-state index in [4.69, 9.17) is 26.2 Å². The van der Waals surface area contributed by atoms with Crippen molar-refractivity contribution in [3.05, 3.63) is 91.7 Å². The van der Waals surface area contributed by atoms with E-state index < -0.39 is 35.8 Å². The number of pyridine rings is 2. The van der Waals surface area contributed by atoms with E-state index in [9.17, 15) is 19.7 Å². The molecular formula is C24H26N4O8. The fraction of sp³-hybridized carbons (Fsp3) is 0.250. The third-order valence-electron chi connectivity index (χ3n) is 5.78. The zero-order valence-electron chi connectivity index (χ0n) is 19.1. The molecule has 0 aliphatic heterocycles. The van der Waals surface area contributed by atoms with Crippen LogP contribution in [-0.2, 0) is 0 Å². The Balaban J connectivity index is 0.000000202. The predicted molar refractivity (Wildman–Crippen MR) is 134 cm³/mol. The van der Waals surface area contributed by atoms with Crippen LogP contribution in [0.25, 0.3) is 21.5 Å². The number of nitro benzene ring substituents is 1. The number of nitrogens with zero attached hydrogens (tertiary/aromatic N) is 3. The van der Waals surface area contributed by atoms with Crippen LogP contribution in [0, 0.1) is 10.1 Å². The molecule has 0 atom stereocenters. The highest BCUT2D eigenvalue weighted by molar-refractivity contribution is 5.92. The van der Waals surface area contributed by atoms with Crippen LogP contribution in [0.3, 0.4) is 0 Å². The zero-order chi connectivity index (χ0) is 26.4. The van der Waals surface area contributed by atoms with Gasteiger partial charge >= 0.3 is 0 Å². The van der Waals surface area contributed by atoms with Crippen LogP contribution in [0.5, 0.6) is 0 Å². The molecule has 6 N–H and O–H groups in total. The van der Waals surface area contributed by atoms with E-state index in [-0.39, 0.29) is 35.2 Å². The van der Waals surface area contributed by atoms with Crippen LogP contribution in [-0.4, -0.2) is 60.9 Å². The lowest BCUT2D eigenvalue weighted by atomic mass is 10.1. The minimum atomic E-state index is -0.754. The highest BCUT2D eigenvalue weighted by atomic mass is 16.6. The third-order valence-corrected chi connectivity index (χ3v) is 5.78. The van der Waals surface area contributed by atoms with Crippen LogP contribution < -0.4 is 16.9 Å². The second-order valence-electron chi connectivity index (χ2n) is 7.90. The standard InChI is InChI=1S/C12H12N2O5.C12H14N2O3/c15-6-8(7-16)13-5-4-9-10(12(13)17)2-1-3-11(9)14(18)19;13-11-3-1-2-10-9(11)4-5-14(12(10)17)8(6-15)7-16/h1-5,8,15-16H,6-7H2;1-5,8,15-16H,6-7,13H2. The van der Waals surface area contributed by atoms with Crippen LogP contribution >= 0.6 is 0 Å². The normalized spacial score (nSPS) is 11.2. The Hall–Kier alpha value is -4.10. The van der Waals surface area contributed by atoms with Gasteiger partial charge in [0.15, 0.2) is 0 Å². The minimum absolute atomic E-state index is 0.147. The number of hydrogen-bond acceptors (Lipinski definition) is 9. The van der Waals surface area contributed by atoms with Crippen molar-refractivity contribution >= 4 is 32.9 Å². The molecular weight excluding hydrogens is 472 g/mol. The van der Waals surface area contributed by atoms with E-state index in [1.807, 2.05) is 0 Å². The number of aromatic nitrogens is 2. The number of nitro groups is 1. The van der Waals surface area contributed by atoms with Gasteiger partial charge in [0.25, 0.3) is 16.8 Å². The van der Waals surface area contributed by atoms with Gasteiger partial charge in [-0.05, 0) is 30.3 Å². The summed E-state index contributed by atoms with van der Waals surface area (Å²) in [6.45, 7) is -1.36. The number of benzene rings is 2. The molecule has 12 nitrogen and oxygen atoms in total. The first kappa shape index (κ1) is 26.5. The molecule has 0 fully saturated rings. The van der Waals surface area contributed by atoms with Crippen LogP contribution in [0.15, 0.2) is 70.5 Å². The van der Waals surface area contributed by atoms with Gasteiger partial charge < -0.3 is 35.3 Å². The fourth-order valence-corrected chi connectivity index (χ4v) is 3.80. The van der Waals surface area contributed by atoms with Gasteiger partial charge in [0.05, 0.1) is 54.2 Å². The molecule has 12 heteroatoms. The summed E-state index contributed by atoms with van der Waals surface area (Å²) in [6.07, 6.45) is 2.88. The van der Waals surface area contributed by atoms with Gasteiger partial charge in [-0.15, -0.1) is 0 Å². The highest BCUT2D eigenvalue weighted by Crippen LogP contribution is 2.23. The Labute approximate surface area is 203 Å². The highest BCUT2D eigenvalue weighted by Gasteiger charge is 2.17. The number of nitrogen functional groups attached to an aromatic ring is 1. The van der Waals surface area contributed by atoms with Crippen molar-refractivity contribution in [3.8, 4) is 0 Å². The maximum atomic E-state index is 12.2. The van der Waals surface area contributed by atoms with Gasteiger partial charge in [0.2, 0.25) is 0 Å². The summed E-state index contributed by atoms with van der Waals surface area (Å²) in [5.41, 5.74) is 5.42. The van der Waals surface area contributed by atoms with Gasteiger partial charge in [-0.1, -0.05) is 12.1 Å². The number of anilines is 1. The van der Waals surface area contributed by atoms with E-state index >= 15 is 0 Å². The quantitative estimate of drug-likeness (QED) is 0.137. The van der Waals surface area contributed by atoms with E-state index in [1.54, 1.807) is 24.3 Å². The molecule has 0 spiro atoms. The predicted octanol–water partition coefficient (Wildman–Crippen LogP) is 0.545. The maximum absolute atomic E-state index is 12.2. The van der Waals surface area contributed by atoms with Crippen molar-refractivity contribution in [2.24, 2.45) is 0 Å². The molecule has 0 saturated carbocycles. The number of rotatable bonds is 7. The van der Waals surface area contributed by atoms with Gasteiger partial charge in [0, 0.05) is 34.9 Å². The Morgan fingerprint density at radius 2 is 1.17 bits per heavy atom. The summed E-state index contributed by atoms with van der Waals surface area (Å²) >= 11 is 0. The second kappa shape index (κ2) is 11.6. The molecule has 0 saturated heterocycles. The molecule has 2 heterocycles. The molecule has 2 aromatic carbocycles. The number of hydrogen-bond donors (Lipinski definition) is 5. The minimum Gasteiger partial charge on any atom is -0.398 e. The molecule has 36 heavy (non-hydrogen) atoms. The molecule has 0 aliphatic rings. The SMILES string of the molecule is Nc1cccc2c(=O)n(C(CO)CO)ccc12.O=c1c2cccc([N+](=O)[O-])c2ccn1C(CO)CO. The Morgan fingerprint density at radius 1 is 0.722 bits per heavy atom. The summed E-state index contributed by atoms with van der Waals surface area (Å²) in [6, 6.07) is 11.1. The fourth-order valence-electron chi connectivity index (χ4n) is 3.80. The molecule has 0 amide bonds. The average molecular weight is 498 g/mol. The lowest BCUT2D eigenvalue weighted by Crippen LogP contribution is -2.28. The molecule has 4 rings (SSSR count). The molecule has 0 unspecified atom stereocenters. The van der Waals surface area contributed by atoms with Crippen molar-refractivity contribution in [1.29, 1.82) is 0 Å². The number of fused-ring (bicyclic) bond motifs is 2. The molecule has 0 bridgehead atoms. The van der Waals surface area contributed by atoms with Crippen molar-refractivity contribution < 1.29 is 25.3 Å². The number of aliphatic hydroxyl groups is 4. The van der Waals surface area contributed by atoms with Crippen LogP contribution in [0.4, 0.5) is 11.4 Å². The Bertz CT molecular complexity index is 1490. The molecule has 190 valence electrons. The van der Waals surface area contributed by atoms with Gasteiger partial charge in [0.1, 0.15) is 0 Å². The first-order valence-electron chi connectivity index (χ1n) is 10.9. The molecule has 0 radical (unpaired) electrons. The van der Waals surface area contributed by atoms with E-state index in [0.717, 1.165) is 0 Å². The zero-order valence-corrected chi connectivity index (χ0v) is 19.1. The number of nitrogens with two attached hydrogens (primary N) is 1. The van der Waals surface area contributed by atoms with Gasteiger partial charge in [-0.3, -0.25) is 19.7 Å². The van der Waals surface area contributed by atoms with E-state index in [2.05, 4.69) is 0 Å². The molecule has 0 aliphatic carbocycles. The van der Waals surface area contributed by atoms with Gasteiger partial charge in [-0.2, -0.15) is 0 Å². The second-order valence-corrected chi connectivity index (χ2v) is 7.90. The molecule has 2 aromatic heterocycles. The summed E-state index contributed by atoms with van der Waals surface area (Å²) in [7, 11) is 0. The van der Waals surface area contributed by atoms with Crippen molar-refractivity contribution in [2.45, 2.75) is 12.1 Å². The van der Waals surface area contributed by atoms with Crippen LogP contribution in [0.2, 0.25) is 0 Å². The smallest absolute Gasteiger partial charge is 0.277 e. The first-order valence-corrected chi connectivity index (χ1v) is 10.9. The molecule has 4 aromatic rings. The van der Waals surface area contributed by atoms with Crippen molar-refractivity contribution in [3.63, 3.8) is 0 Å². The Kier molecular flexibility index (Phi) is 8.51. The van der Waals surface area contributed by atoms with E-state index in [0.29, 0.717) is 16.5 Å². The Morgan fingerprint density at radius 3 is 1.64 bits per heavy atom. The summed E-state index contributed by atoms with van der Waals surface area (Å²) < 4.78 is 2.49. The lowest BCUT2D eigenvalue weighted by Gasteiger charge is -2.15. The average Bonchev–Trinajstić information content (AvgIpc) is 2.88. The third kappa shape index (κ3) is 5.11. The summed E-state index contributed by atoms with van der Waals surface area (Å²) in [5, 5.41) is 48.8. The number of aliphatic hydroxyl groups excluding tert-OH is 4. The van der Waals surface area contributed by atoms with E-state index in [1.165, 1.54) is 45.8 Å². The summed E-state index contributed by atoms with van der Waals surface area (Å²) in [4.78, 5) is 34.6.